The predicted molar refractivity (Wildman–Crippen MR) is 80.0 cm³/mol. The van der Waals surface area contributed by atoms with Gasteiger partial charge in [-0.15, -0.1) is 0 Å². The fraction of sp³-hybridized carbons (Fsp3) is 0.188. The van der Waals surface area contributed by atoms with E-state index in [-0.39, 0.29) is 11.9 Å². The van der Waals surface area contributed by atoms with Gasteiger partial charge in [0.25, 0.3) is 5.91 Å². The number of hydrogen-bond donors (Lipinski definition) is 1. The Hall–Kier alpha value is -2.69. The minimum Gasteiger partial charge on any atom is -0.344 e. The summed E-state index contributed by atoms with van der Waals surface area (Å²) in [6.45, 7) is 3.92. The largest absolute Gasteiger partial charge is 0.344 e. The summed E-state index contributed by atoms with van der Waals surface area (Å²) in [6.07, 6.45) is 7.04. The van der Waals surface area contributed by atoms with Gasteiger partial charge in [0.2, 0.25) is 0 Å². The van der Waals surface area contributed by atoms with Crippen LogP contribution in [0, 0.1) is 6.92 Å². The number of rotatable bonds is 3. The number of aryl methyl sites for hydroxylation is 1. The van der Waals surface area contributed by atoms with Gasteiger partial charge in [0, 0.05) is 24.8 Å². The van der Waals surface area contributed by atoms with Gasteiger partial charge in [0.15, 0.2) is 0 Å². The molecule has 0 saturated heterocycles. The molecule has 1 N–H and O–H groups in total. The molecule has 3 rings (SSSR count). The number of carbonyl (C=O) groups is 1. The van der Waals surface area contributed by atoms with Gasteiger partial charge >= 0.3 is 0 Å². The average Bonchev–Trinajstić information content (AvgIpc) is 2.94. The van der Waals surface area contributed by atoms with E-state index in [2.05, 4.69) is 15.3 Å². The van der Waals surface area contributed by atoms with Crippen LogP contribution in [-0.2, 0) is 0 Å². The third-order valence-corrected chi connectivity index (χ3v) is 3.46. The van der Waals surface area contributed by atoms with Crippen LogP contribution in [-0.4, -0.2) is 20.3 Å². The molecule has 0 aliphatic heterocycles. The SMILES string of the molecule is Cc1cccnc1[C@H](C)NC(=O)c1ccc2nccn2c1. The second kappa shape index (κ2) is 5.36. The third-order valence-electron chi connectivity index (χ3n) is 3.46. The lowest BCUT2D eigenvalue weighted by molar-refractivity contribution is 0.0938. The first kappa shape index (κ1) is 13.3. The van der Waals surface area contributed by atoms with E-state index in [1.807, 2.05) is 42.6 Å². The van der Waals surface area contributed by atoms with Crippen molar-refractivity contribution in [3.8, 4) is 0 Å². The number of amides is 1. The van der Waals surface area contributed by atoms with Crippen LogP contribution in [0.2, 0.25) is 0 Å². The highest BCUT2D eigenvalue weighted by molar-refractivity contribution is 5.94. The Morgan fingerprint density at radius 3 is 2.90 bits per heavy atom. The number of nitrogens with zero attached hydrogens (tertiary/aromatic N) is 3. The Bertz CT molecular complexity index is 794. The molecule has 0 unspecified atom stereocenters. The zero-order valence-corrected chi connectivity index (χ0v) is 11.9. The first-order chi connectivity index (χ1) is 10.1. The second-order valence-corrected chi connectivity index (χ2v) is 5.01. The molecule has 3 heterocycles. The van der Waals surface area contributed by atoms with E-state index >= 15 is 0 Å². The Labute approximate surface area is 122 Å². The van der Waals surface area contributed by atoms with Gasteiger partial charge in [-0.05, 0) is 37.6 Å². The highest BCUT2D eigenvalue weighted by Crippen LogP contribution is 2.14. The molecule has 3 aromatic heterocycles. The molecule has 0 spiro atoms. The number of nitrogens with one attached hydrogen (secondary N) is 1. The Morgan fingerprint density at radius 2 is 2.10 bits per heavy atom. The third kappa shape index (κ3) is 2.63. The lowest BCUT2D eigenvalue weighted by Crippen LogP contribution is -2.27. The maximum atomic E-state index is 12.3. The van der Waals surface area contributed by atoms with Gasteiger partial charge < -0.3 is 9.72 Å². The number of fused-ring (bicyclic) bond motifs is 1. The lowest BCUT2D eigenvalue weighted by Gasteiger charge is -2.15. The van der Waals surface area contributed by atoms with Crippen LogP contribution < -0.4 is 5.32 Å². The topological polar surface area (TPSA) is 59.3 Å². The molecule has 0 aliphatic carbocycles. The molecule has 106 valence electrons. The van der Waals surface area contributed by atoms with Crippen LogP contribution in [0.25, 0.3) is 5.65 Å². The van der Waals surface area contributed by atoms with E-state index in [1.165, 1.54) is 0 Å². The van der Waals surface area contributed by atoms with E-state index in [0.717, 1.165) is 16.9 Å². The molecular formula is C16H16N4O. The normalized spacial score (nSPS) is 12.3. The minimum atomic E-state index is -0.141. The van der Waals surface area contributed by atoms with E-state index in [0.29, 0.717) is 5.56 Å². The van der Waals surface area contributed by atoms with Crippen molar-refractivity contribution in [2.45, 2.75) is 19.9 Å². The summed E-state index contributed by atoms with van der Waals surface area (Å²) in [4.78, 5) is 20.8. The van der Waals surface area contributed by atoms with Crippen molar-refractivity contribution in [2.75, 3.05) is 0 Å². The first-order valence-corrected chi connectivity index (χ1v) is 6.80. The average molecular weight is 280 g/mol. The molecule has 0 bridgehead atoms. The molecule has 0 saturated carbocycles. The van der Waals surface area contributed by atoms with Crippen LogP contribution in [0.5, 0.6) is 0 Å². The Morgan fingerprint density at radius 1 is 1.24 bits per heavy atom. The maximum Gasteiger partial charge on any atom is 0.253 e. The molecule has 0 radical (unpaired) electrons. The van der Waals surface area contributed by atoms with Crippen molar-refractivity contribution in [1.29, 1.82) is 0 Å². The van der Waals surface area contributed by atoms with Crippen molar-refractivity contribution in [1.82, 2.24) is 19.7 Å². The van der Waals surface area contributed by atoms with Crippen LogP contribution >= 0.6 is 0 Å². The smallest absolute Gasteiger partial charge is 0.253 e. The molecule has 1 amide bonds. The van der Waals surface area contributed by atoms with Crippen molar-refractivity contribution in [2.24, 2.45) is 0 Å². The number of aromatic nitrogens is 3. The predicted octanol–water partition coefficient (Wildman–Crippen LogP) is 2.53. The van der Waals surface area contributed by atoms with Crippen LogP contribution in [0.1, 0.15) is 34.6 Å². The quantitative estimate of drug-likeness (QED) is 0.802. The highest BCUT2D eigenvalue weighted by Gasteiger charge is 2.14. The fourth-order valence-electron chi connectivity index (χ4n) is 2.35. The molecule has 1 atom stereocenters. The van der Waals surface area contributed by atoms with Gasteiger partial charge in [0.1, 0.15) is 5.65 Å². The van der Waals surface area contributed by atoms with E-state index in [9.17, 15) is 4.79 Å². The zero-order valence-electron chi connectivity index (χ0n) is 11.9. The molecular weight excluding hydrogens is 264 g/mol. The molecule has 0 aliphatic rings. The second-order valence-electron chi connectivity index (χ2n) is 5.01. The molecule has 5 nitrogen and oxygen atoms in total. The van der Waals surface area contributed by atoms with Crippen LogP contribution in [0.3, 0.4) is 0 Å². The molecule has 3 aromatic rings. The maximum absolute atomic E-state index is 12.3. The van der Waals surface area contributed by atoms with Crippen molar-refractivity contribution in [3.63, 3.8) is 0 Å². The summed E-state index contributed by atoms with van der Waals surface area (Å²) in [5.41, 5.74) is 3.37. The first-order valence-electron chi connectivity index (χ1n) is 6.80. The Kier molecular flexibility index (Phi) is 3.39. The van der Waals surface area contributed by atoms with Gasteiger partial charge in [-0.2, -0.15) is 0 Å². The minimum absolute atomic E-state index is 0.122. The van der Waals surface area contributed by atoms with Crippen molar-refractivity contribution >= 4 is 11.6 Å². The summed E-state index contributed by atoms with van der Waals surface area (Å²) in [7, 11) is 0. The van der Waals surface area contributed by atoms with Gasteiger partial charge in [-0.3, -0.25) is 9.78 Å². The van der Waals surface area contributed by atoms with E-state index < -0.39 is 0 Å². The van der Waals surface area contributed by atoms with Crippen LogP contribution in [0.15, 0.2) is 49.1 Å². The monoisotopic (exact) mass is 280 g/mol. The van der Waals surface area contributed by atoms with Crippen molar-refractivity contribution in [3.05, 3.63) is 65.9 Å². The van der Waals surface area contributed by atoms with Crippen molar-refractivity contribution < 1.29 is 4.79 Å². The summed E-state index contributed by atoms with van der Waals surface area (Å²) in [5, 5.41) is 2.98. The highest BCUT2D eigenvalue weighted by atomic mass is 16.1. The number of pyridine rings is 2. The summed E-state index contributed by atoms with van der Waals surface area (Å²) >= 11 is 0. The lowest BCUT2D eigenvalue weighted by atomic mass is 10.1. The molecule has 0 aromatic carbocycles. The number of carbonyl (C=O) groups excluding carboxylic acids is 1. The van der Waals surface area contributed by atoms with Gasteiger partial charge in [-0.25, -0.2) is 4.98 Å². The molecule has 21 heavy (non-hydrogen) atoms. The fourth-order valence-corrected chi connectivity index (χ4v) is 2.35. The standard InChI is InChI=1S/C16H16N4O/c1-11-4-3-7-18-15(11)12(2)19-16(21)13-5-6-14-17-8-9-20(14)10-13/h3-10,12H,1-2H3,(H,19,21)/t12-/m0/s1. The molecule has 0 fully saturated rings. The van der Waals surface area contributed by atoms with E-state index in [1.54, 1.807) is 24.7 Å². The van der Waals surface area contributed by atoms with Gasteiger partial charge in [0.05, 0.1) is 17.3 Å². The number of imidazole rings is 1. The Balaban J connectivity index is 1.81. The summed E-state index contributed by atoms with van der Waals surface area (Å²) in [5.74, 6) is -0.122. The zero-order chi connectivity index (χ0) is 14.8. The molecule has 5 heteroatoms. The van der Waals surface area contributed by atoms with Crippen LogP contribution in [0.4, 0.5) is 0 Å². The number of hydrogen-bond acceptors (Lipinski definition) is 3. The van der Waals surface area contributed by atoms with E-state index in [4.69, 9.17) is 0 Å². The summed E-state index contributed by atoms with van der Waals surface area (Å²) < 4.78 is 1.82. The van der Waals surface area contributed by atoms with Gasteiger partial charge in [-0.1, -0.05) is 6.07 Å². The summed E-state index contributed by atoms with van der Waals surface area (Å²) in [6, 6.07) is 7.33.